The van der Waals surface area contributed by atoms with Gasteiger partial charge in [-0.05, 0) is 38.7 Å². The fourth-order valence-corrected chi connectivity index (χ4v) is 2.95. The third kappa shape index (κ3) is 5.91. The number of unbranched alkanes of at least 4 members (excludes halogenated alkanes) is 3. The van der Waals surface area contributed by atoms with Gasteiger partial charge in [-0.25, -0.2) is 0 Å². The molecule has 4 N–H and O–H groups in total. The second-order valence-electron chi connectivity index (χ2n) is 5.79. The third-order valence-electron chi connectivity index (χ3n) is 3.23. The van der Waals surface area contributed by atoms with Gasteiger partial charge in [-0.3, -0.25) is 4.79 Å². The summed E-state index contributed by atoms with van der Waals surface area (Å²) in [4.78, 5) is 12.2. The van der Waals surface area contributed by atoms with Gasteiger partial charge in [0.25, 0.3) is 5.91 Å². The summed E-state index contributed by atoms with van der Waals surface area (Å²) >= 11 is 1.26. The summed E-state index contributed by atoms with van der Waals surface area (Å²) in [6, 6.07) is 0.392. The molecular weight excluding hydrogens is 284 g/mol. The minimum Gasteiger partial charge on any atom is -0.382 e. The molecule has 0 saturated heterocycles. The van der Waals surface area contributed by atoms with Gasteiger partial charge in [0.2, 0.25) is 0 Å². The fraction of sp³-hybridized carbons (Fsp3) is 0.733. The number of nitrogen functional groups attached to an aromatic ring is 1. The largest absolute Gasteiger partial charge is 0.382 e. The summed E-state index contributed by atoms with van der Waals surface area (Å²) in [5.74, 6) is 0.149. The number of nitrogens with two attached hydrogens (primary N) is 1. The summed E-state index contributed by atoms with van der Waals surface area (Å²) in [5, 5.41) is 7.02. The van der Waals surface area contributed by atoms with Crippen LogP contribution in [-0.4, -0.2) is 22.4 Å². The zero-order chi connectivity index (χ0) is 15.8. The molecule has 1 atom stereocenters. The van der Waals surface area contributed by atoms with Crippen molar-refractivity contribution < 1.29 is 4.79 Å². The molecule has 0 radical (unpaired) electrons. The van der Waals surface area contributed by atoms with E-state index in [4.69, 9.17) is 5.73 Å². The molecule has 5 nitrogen and oxygen atoms in total. The maximum atomic E-state index is 12.2. The molecule has 6 heteroatoms. The highest BCUT2D eigenvalue weighted by molar-refractivity contribution is 7.11. The standard InChI is InChI=1S/C15H28N4OS/c1-5-6-7-8-9-11(4)18-15-12(13(16)19-21-15)14(20)17-10(2)3/h10-11,18H,5-9H2,1-4H3,(H2,16,19)(H,17,20). The number of carbonyl (C=O) groups is 1. The normalized spacial score (nSPS) is 12.4. The quantitative estimate of drug-likeness (QED) is 0.608. The van der Waals surface area contributed by atoms with Gasteiger partial charge in [-0.2, -0.15) is 4.37 Å². The van der Waals surface area contributed by atoms with Crippen molar-refractivity contribution in [1.82, 2.24) is 9.69 Å². The summed E-state index contributed by atoms with van der Waals surface area (Å²) in [6.45, 7) is 8.20. The molecule has 1 heterocycles. The molecule has 0 saturated carbocycles. The van der Waals surface area contributed by atoms with Crippen LogP contribution in [0, 0.1) is 0 Å². The van der Waals surface area contributed by atoms with E-state index in [-0.39, 0.29) is 11.9 Å². The Hall–Kier alpha value is -1.30. The van der Waals surface area contributed by atoms with Crippen LogP contribution in [0.15, 0.2) is 0 Å². The van der Waals surface area contributed by atoms with Crippen LogP contribution in [0.1, 0.15) is 70.2 Å². The van der Waals surface area contributed by atoms with E-state index in [0.717, 1.165) is 11.4 Å². The van der Waals surface area contributed by atoms with Crippen molar-refractivity contribution in [2.24, 2.45) is 0 Å². The van der Waals surface area contributed by atoms with Crippen molar-refractivity contribution in [3.05, 3.63) is 5.56 Å². The van der Waals surface area contributed by atoms with Crippen LogP contribution in [0.4, 0.5) is 10.8 Å². The Balaban J connectivity index is 2.61. The molecule has 21 heavy (non-hydrogen) atoms. The predicted molar refractivity (Wildman–Crippen MR) is 91.0 cm³/mol. The van der Waals surface area contributed by atoms with E-state index in [1.807, 2.05) is 13.8 Å². The first kappa shape index (κ1) is 17.8. The summed E-state index contributed by atoms with van der Waals surface area (Å²) < 4.78 is 4.10. The Kier molecular flexibility index (Phi) is 7.50. The van der Waals surface area contributed by atoms with E-state index >= 15 is 0 Å². The fourth-order valence-electron chi connectivity index (χ4n) is 2.13. The first-order valence-corrected chi connectivity index (χ1v) is 8.55. The first-order valence-electron chi connectivity index (χ1n) is 7.78. The number of hydrogen-bond acceptors (Lipinski definition) is 5. The molecule has 120 valence electrons. The summed E-state index contributed by atoms with van der Waals surface area (Å²) in [6.07, 6.45) is 6.07. The summed E-state index contributed by atoms with van der Waals surface area (Å²) in [7, 11) is 0. The second kappa shape index (κ2) is 8.87. The third-order valence-corrected chi connectivity index (χ3v) is 4.03. The number of amides is 1. The van der Waals surface area contributed by atoms with E-state index in [1.54, 1.807) is 0 Å². The molecule has 1 unspecified atom stereocenters. The van der Waals surface area contributed by atoms with Gasteiger partial charge in [0, 0.05) is 12.1 Å². The van der Waals surface area contributed by atoms with Gasteiger partial charge in [0.15, 0.2) is 5.82 Å². The minimum absolute atomic E-state index is 0.0797. The maximum absolute atomic E-state index is 12.2. The van der Waals surface area contributed by atoms with Crippen molar-refractivity contribution in [3.8, 4) is 0 Å². The molecule has 0 fully saturated rings. The monoisotopic (exact) mass is 312 g/mol. The van der Waals surface area contributed by atoms with Crippen LogP contribution >= 0.6 is 11.5 Å². The minimum atomic E-state index is -0.156. The molecule has 1 aromatic heterocycles. The zero-order valence-corrected chi connectivity index (χ0v) is 14.3. The molecule has 0 aromatic carbocycles. The lowest BCUT2D eigenvalue weighted by Crippen LogP contribution is -2.31. The van der Waals surface area contributed by atoms with Crippen molar-refractivity contribution >= 4 is 28.3 Å². The van der Waals surface area contributed by atoms with Gasteiger partial charge in [-0.15, -0.1) is 0 Å². The smallest absolute Gasteiger partial charge is 0.258 e. The van der Waals surface area contributed by atoms with E-state index < -0.39 is 0 Å². The Morgan fingerprint density at radius 2 is 2.00 bits per heavy atom. The zero-order valence-electron chi connectivity index (χ0n) is 13.5. The highest BCUT2D eigenvalue weighted by atomic mass is 32.1. The molecular formula is C15H28N4OS. The number of nitrogens with one attached hydrogen (secondary N) is 2. The lowest BCUT2D eigenvalue weighted by Gasteiger charge is -2.15. The first-order chi connectivity index (χ1) is 9.95. The van der Waals surface area contributed by atoms with Crippen molar-refractivity contribution in [3.63, 3.8) is 0 Å². The van der Waals surface area contributed by atoms with E-state index in [9.17, 15) is 4.79 Å². The van der Waals surface area contributed by atoms with Gasteiger partial charge in [0.1, 0.15) is 10.6 Å². The van der Waals surface area contributed by atoms with Crippen LogP contribution in [0.3, 0.4) is 0 Å². The number of rotatable bonds is 9. The van der Waals surface area contributed by atoms with Crippen LogP contribution in [0.5, 0.6) is 0 Å². The van der Waals surface area contributed by atoms with Crippen molar-refractivity contribution in [2.45, 2.75) is 71.9 Å². The van der Waals surface area contributed by atoms with Gasteiger partial charge >= 0.3 is 0 Å². The highest BCUT2D eigenvalue weighted by Crippen LogP contribution is 2.28. The van der Waals surface area contributed by atoms with E-state index in [0.29, 0.717) is 17.4 Å². The molecule has 1 amide bonds. The second-order valence-corrected chi connectivity index (χ2v) is 6.57. The summed E-state index contributed by atoms with van der Waals surface area (Å²) in [5.41, 5.74) is 6.31. The van der Waals surface area contributed by atoms with Gasteiger partial charge in [-0.1, -0.05) is 32.6 Å². The lowest BCUT2D eigenvalue weighted by molar-refractivity contribution is 0.0945. The molecule has 0 bridgehead atoms. The predicted octanol–water partition coefficient (Wildman–Crippen LogP) is 3.63. The van der Waals surface area contributed by atoms with Gasteiger partial charge in [0.05, 0.1) is 0 Å². The van der Waals surface area contributed by atoms with Crippen LogP contribution in [-0.2, 0) is 0 Å². The number of anilines is 2. The lowest BCUT2D eigenvalue weighted by atomic mass is 10.1. The number of carbonyl (C=O) groups excluding carboxylic acids is 1. The Morgan fingerprint density at radius 1 is 1.29 bits per heavy atom. The molecule has 1 rings (SSSR count). The topological polar surface area (TPSA) is 80.0 Å². The van der Waals surface area contributed by atoms with E-state index in [1.165, 1.54) is 37.2 Å². The van der Waals surface area contributed by atoms with Crippen LogP contribution < -0.4 is 16.4 Å². The molecule has 0 spiro atoms. The number of aromatic nitrogens is 1. The number of hydrogen-bond donors (Lipinski definition) is 3. The van der Waals surface area contributed by atoms with E-state index in [2.05, 4.69) is 28.9 Å². The van der Waals surface area contributed by atoms with Crippen molar-refractivity contribution in [2.75, 3.05) is 11.1 Å². The Bertz CT molecular complexity index is 445. The van der Waals surface area contributed by atoms with Gasteiger partial charge < -0.3 is 16.4 Å². The molecule has 0 aliphatic carbocycles. The van der Waals surface area contributed by atoms with Crippen LogP contribution in [0.25, 0.3) is 0 Å². The average molecular weight is 312 g/mol. The Labute approximate surface area is 131 Å². The molecule has 1 aromatic rings. The molecule has 0 aliphatic rings. The van der Waals surface area contributed by atoms with Crippen molar-refractivity contribution in [1.29, 1.82) is 0 Å². The van der Waals surface area contributed by atoms with Crippen LogP contribution in [0.2, 0.25) is 0 Å². The highest BCUT2D eigenvalue weighted by Gasteiger charge is 2.20. The Morgan fingerprint density at radius 3 is 2.62 bits per heavy atom. The average Bonchev–Trinajstić information content (AvgIpc) is 2.75. The molecule has 0 aliphatic heterocycles. The number of nitrogens with zero attached hydrogens (tertiary/aromatic N) is 1. The maximum Gasteiger partial charge on any atom is 0.258 e. The SMILES string of the molecule is CCCCCCC(C)Nc1snc(N)c1C(=O)NC(C)C.